The lowest BCUT2D eigenvalue weighted by Gasteiger charge is -2.24. The number of sulfonamides is 2. The SMILES string of the molecule is COc1cc(N(S(C)(=O)=O)S(C)(=O)=O)c(Oc2ccccc2)cc1C(=O)CN. The molecule has 0 aliphatic rings. The van der Waals surface area contributed by atoms with Crippen molar-refractivity contribution in [3.05, 3.63) is 48.0 Å². The monoisotopic (exact) mass is 428 g/mol. The van der Waals surface area contributed by atoms with E-state index in [1.54, 1.807) is 30.3 Å². The van der Waals surface area contributed by atoms with Gasteiger partial charge in [-0.15, -0.1) is 0 Å². The molecule has 0 atom stereocenters. The van der Waals surface area contributed by atoms with Crippen LogP contribution < -0.4 is 18.9 Å². The maximum atomic E-state index is 12.2. The van der Waals surface area contributed by atoms with Gasteiger partial charge in [0.05, 0.1) is 31.7 Å². The Labute approximate surface area is 163 Å². The smallest absolute Gasteiger partial charge is 0.245 e. The third-order valence-corrected chi connectivity index (χ3v) is 6.76. The first-order valence-electron chi connectivity index (χ1n) is 7.87. The second-order valence-electron chi connectivity index (χ2n) is 5.79. The number of carbonyl (C=O) groups excluding carboxylic acids is 1. The largest absolute Gasteiger partial charge is 0.496 e. The van der Waals surface area contributed by atoms with Gasteiger partial charge in [-0.25, -0.2) is 16.8 Å². The zero-order chi connectivity index (χ0) is 21.1. The van der Waals surface area contributed by atoms with Crippen LogP contribution >= 0.6 is 0 Å². The van der Waals surface area contributed by atoms with E-state index in [2.05, 4.69) is 0 Å². The molecule has 2 rings (SSSR count). The van der Waals surface area contributed by atoms with Crippen molar-refractivity contribution in [3.63, 3.8) is 0 Å². The fourth-order valence-corrected chi connectivity index (χ4v) is 5.46. The minimum absolute atomic E-state index is 0.0293. The van der Waals surface area contributed by atoms with Crippen LogP contribution in [0.4, 0.5) is 5.69 Å². The van der Waals surface area contributed by atoms with Crippen LogP contribution in [0.25, 0.3) is 0 Å². The molecule has 0 saturated heterocycles. The predicted octanol–water partition coefficient (Wildman–Crippen LogP) is 1.35. The molecule has 152 valence electrons. The molecule has 2 N–H and O–H groups in total. The predicted molar refractivity (Wildman–Crippen MR) is 105 cm³/mol. The fraction of sp³-hybridized carbons (Fsp3) is 0.235. The molecule has 0 saturated carbocycles. The molecular formula is C17H20N2O7S2. The number of hydrogen-bond donors (Lipinski definition) is 1. The number of benzene rings is 2. The quantitative estimate of drug-likeness (QED) is 0.623. The molecule has 2 aromatic rings. The molecule has 0 spiro atoms. The van der Waals surface area contributed by atoms with E-state index in [0.29, 0.717) is 5.75 Å². The molecule has 9 nitrogen and oxygen atoms in total. The summed E-state index contributed by atoms with van der Waals surface area (Å²) in [7, 11) is -7.25. The second kappa shape index (κ2) is 8.17. The van der Waals surface area contributed by atoms with Gasteiger partial charge < -0.3 is 15.2 Å². The Morgan fingerprint density at radius 2 is 1.57 bits per heavy atom. The summed E-state index contributed by atoms with van der Waals surface area (Å²) < 4.78 is 59.9. The minimum atomic E-state index is -4.25. The van der Waals surface area contributed by atoms with Crippen LogP contribution in [0, 0.1) is 0 Å². The molecule has 0 aliphatic carbocycles. The number of hydrogen-bond acceptors (Lipinski definition) is 8. The van der Waals surface area contributed by atoms with Gasteiger partial charge in [0, 0.05) is 6.07 Å². The Balaban J connectivity index is 2.83. The summed E-state index contributed by atoms with van der Waals surface area (Å²) >= 11 is 0. The van der Waals surface area contributed by atoms with Crippen LogP contribution in [-0.4, -0.2) is 48.8 Å². The fourth-order valence-electron chi connectivity index (χ4n) is 2.49. The van der Waals surface area contributed by atoms with Gasteiger partial charge in [-0.2, -0.15) is 3.71 Å². The van der Waals surface area contributed by atoms with E-state index in [9.17, 15) is 21.6 Å². The normalized spacial score (nSPS) is 11.7. The lowest BCUT2D eigenvalue weighted by Crippen LogP contribution is -2.35. The van der Waals surface area contributed by atoms with Crippen molar-refractivity contribution in [1.82, 2.24) is 0 Å². The van der Waals surface area contributed by atoms with Gasteiger partial charge in [0.15, 0.2) is 11.5 Å². The van der Waals surface area contributed by atoms with Gasteiger partial charge >= 0.3 is 0 Å². The Morgan fingerprint density at radius 3 is 2.04 bits per heavy atom. The number of methoxy groups -OCH3 is 1. The van der Waals surface area contributed by atoms with E-state index >= 15 is 0 Å². The summed E-state index contributed by atoms with van der Waals surface area (Å²) in [6.07, 6.45) is 1.48. The Bertz CT molecular complexity index is 1050. The third-order valence-electron chi connectivity index (χ3n) is 3.54. The maximum absolute atomic E-state index is 12.2. The summed E-state index contributed by atoms with van der Waals surface area (Å²) in [5.41, 5.74) is 5.13. The zero-order valence-corrected chi connectivity index (χ0v) is 17.1. The van der Waals surface area contributed by atoms with Crippen molar-refractivity contribution >= 4 is 31.5 Å². The van der Waals surface area contributed by atoms with Crippen molar-refractivity contribution in [3.8, 4) is 17.2 Å². The van der Waals surface area contributed by atoms with Crippen LogP contribution in [0.3, 0.4) is 0 Å². The number of rotatable bonds is 8. The molecule has 0 amide bonds. The number of Topliss-reactive ketones (excluding diaryl/α,β-unsaturated/α-hetero) is 1. The summed E-state index contributed by atoms with van der Waals surface area (Å²) in [6, 6.07) is 10.6. The van der Waals surface area contributed by atoms with E-state index in [1.807, 2.05) is 0 Å². The van der Waals surface area contributed by atoms with E-state index < -0.39 is 25.8 Å². The van der Waals surface area contributed by atoms with E-state index in [0.717, 1.165) is 18.6 Å². The minimum Gasteiger partial charge on any atom is -0.496 e. The maximum Gasteiger partial charge on any atom is 0.245 e. The molecule has 0 bridgehead atoms. The molecule has 11 heteroatoms. The Morgan fingerprint density at radius 1 is 1.00 bits per heavy atom. The second-order valence-corrected chi connectivity index (χ2v) is 9.68. The molecule has 0 heterocycles. The number of para-hydroxylation sites is 1. The van der Waals surface area contributed by atoms with Gasteiger partial charge in [-0.05, 0) is 18.2 Å². The number of carbonyl (C=O) groups is 1. The number of nitrogens with two attached hydrogens (primary N) is 1. The van der Waals surface area contributed by atoms with Crippen LogP contribution in [0.1, 0.15) is 10.4 Å². The molecule has 0 fully saturated rings. The van der Waals surface area contributed by atoms with Crippen molar-refractivity contribution in [2.24, 2.45) is 5.73 Å². The van der Waals surface area contributed by atoms with Crippen LogP contribution in [0.15, 0.2) is 42.5 Å². The molecule has 0 unspecified atom stereocenters. The van der Waals surface area contributed by atoms with Crippen LogP contribution in [0.2, 0.25) is 0 Å². The molecular weight excluding hydrogens is 408 g/mol. The van der Waals surface area contributed by atoms with E-state index in [-0.39, 0.29) is 33.0 Å². The van der Waals surface area contributed by atoms with Crippen LogP contribution in [0.5, 0.6) is 17.2 Å². The molecule has 0 aliphatic heterocycles. The van der Waals surface area contributed by atoms with Gasteiger partial charge in [0.2, 0.25) is 20.0 Å². The van der Waals surface area contributed by atoms with Crippen molar-refractivity contribution in [2.45, 2.75) is 0 Å². The van der Waals surface area contributed by atoms with Crippen molar-refractivity contribution in [2.75, 3.05) is 29.9 Å². The highest BCUT2D eigenvalue weighted by Gasteiger charge is 2.32. The summed E-state index contributed by atoms with van der Waals surface area (Å²) in [4.78, 5) is 12.2. The number of anilines is 1. The van der Waals surface area contributed by atoms with Crippen molar-refractivity contribution < 1.29 is 31.1 Å². The van der Waals surface area contributed by atoms with Gasteiger partial charge in [-0.3, -0.25) is 4.79 Å². The Kier molecular flexibility index (Phi) is 6.32. The first-order chi connectivity index (χ1) is 13.0. The summed E-state index contributed by atoms with van der Waals surface area (Å²) in [5, 5.41) is 0. The van der Waals surface area contributed by atoms with E-state index in [4.69, 9.17) is 15.2 Å². The molecule has 28 heavy (non-hydrogen) atoms. The molecule has 0 aromatic heterocycles. The first-order valence-corrected chi connectivity index (χ1v) is 11.6. The zero-order valence-electron chi connectivity index (χ0n) is 15.4. The lowest BCUT2D eigenvalue weighted by molar-refractivity contribution is 0.0998. The highest BCUT2D eigenvalue weighted by molar-refractivity contribution is 8.09. The average Bonchev–Trinajstić information content (AvgIpc) is 2.60. The Hall–Kier alpha value is -2.63. The number of nitrogens with zero attached hydrogens (tertiary/aromatic N) is 1. The highest BCUT2D eigenvalue weighted by atomic mass is 32.3. The van der Waals surface area contributed by atoms with Gasteiger partial charge in [0.1, 0.15) is 17.2 Å². The standard InChI is InChI=1S/C17H20N2O7S2/c1-25-16-10-14(19(27(2,21)22)28(3,23)24)17(9-13(16)15(20)11-18)26-12-7-5-4-6-8-12/h4-10H,11,18H2,1-3H3. The van der Waals surface area contributed by atoms with Gasteiger partial charge in [-0.1, -0.05) is 18.2 Å². The van der Waals surface area contributed by atoms with Crippen molar-refractivity contribution in [1.29, 1.82) is 0 Å². The average molecular weight is 428 g/mol. The van der Waals surface area contributed by atoms with E-state index in [1.165, 1.54) is 13.2 Å². The third kappa shape index (κ3) is 4.80. The highest BCUT2D eigenvalue weighted by Crippen LogP contribution is 2.40. The summed E-state index contributed by atoms with van der Waals surface area (Å²) in [5.74, 6) is -0.392. The lowest BCUT2D eigenvalue weighted by atomic mass is 10.1. The molecule has 0 radical (unpaired) electrons. The summed E-state index contributed by atoms with van der Waals surface area (Å²) in [6.45, 7) is -0.331. The van der Waals surface area contributed by atoms with Crippen LogP contribution in [-0.2, 0) is 20.0 Å². The molecule has 2 aromatic carbocycles. The first kappa shape index (κ1) is 21.7. The number of ketones is 1. The number of ether oxygens (including phenoxy) is 2. The van der Waals surface area contributed by atoms with Gasteiger partial charge in [0.25, 0.3) is 0 Å². The topological polar surface area (TPSA) is 133 Å².